The van der Waals surface area contributed by atoms with Crippen LogP contribution in [-0.2, 0) is 28.4 Å². The minimum absolute atomic E-state index is 0.238. The Morgan fingerprint density at radius 1 is 0.538 bits per heavy atom. The van der Waals surface area contributed by atoms with Crippen LogP contribution < -0.4 is 10.6 Å². The molecule has 0 aliphatic carbocycles. The van der Waals surface area contributed by atoms with E-state index in [-0.39, 0.29) is 6.03 Å². The molecule has 0 rings (SSSR count). The van der Waals surface area contributed by atoms with Crippen molar-refractivity contribution < 1.29 is 33.2 Å². The van der Waals surface area contributed by atoms with Crippen LogP contribution in [0.1, 0.15) is 13.8 Å². The molecule has 0 aromatic rings. The zero-order chi connectivity index (χ0) is 19.1. The van der Waals surface area contributed by atoms with Crippen LogP contribution in [0.2, 0.25) is 0 Å². The molecule has 2 amide bonds. The van der Waals surface area contributed by atoms with Gasteiger partial charge in [-0.05, 0) is 13.8 Å². The third-order valence-corrected chi connectivity index (χ3v) is 2.96. The highest BCUT2D eigenvalue weighted by Crippen LogP contribution is 1.82. The van der Waals surface area contributed by atoms with Crippen LogP contribution in [0, 0.1) is 0 Å². The molecule has 0 heterocycles. The summed E-state index contributed by atoms with van der Waals surface area (Å²) in [5, 5.41) is 5.40. The second-order valence-corrected chi connectivity index (χ2v) is 5.03. The fourth-order valence-electron chi connectivity index (χ4n) is 1.70. The lowest BCUT2D eigenvalue weighted by Gasteiger charge is -2.09. The van der Waals surface area contributed by atoms with Crippen LogP contribution >= 0.6 is 0 Å². The van der Waals surface area contributed by atoms with E-state index >= 15 is 0 Å². The Labute approximate surface area is 157 Å². The average molecular weight is 380 g/mol. The number of amides is 2. The Morgan fingerprint density at radius 2 is 0.846 bits per heavy atom. The fourth-order valence-corrected chi connectivity index (χ4v) is 1.70. The molecule has 0 atom stereocenters. The van der Waals surface area contributed by atoms with Gasteiger partial charge in [0, 0.05) is 26.3 Å². The van der Waals surface area contributed by atoms with Crippen molar-refractivity contribution in [2.45, 2.75) is 13.8 Å². The molecular weight excluding hydrogens is 344 g/mol. The van der Waals surface area contributed by atoms with Crippen molar-refractivity contribution >= 4 is 6.03 Å². The number of ether oxygens (including phenoxy) is 6. The van der Waals surface area contributed by atoms with E-state index in [2.05, 4.69) is 10.6 Å². The molecule has 0 saturated heterocycles. The molecule has 0 fully saturated rings. The van der Waals surface area contributed by atoms with E-state index in [1.807, 2.05) is 13.8 Å². The Kier molecular flexibility index (Phi) is 21.2. The molecule has 9 heteroatoms. The quantitative estimate of drug-likeness (QED) is 0.296. The topological polar surface area (TPSA) is 96.5 Å². The summed E-state index contributed by atoms with van der Waals surface area (Å²) in [5.74, 6) is 0. The van der Waals surface area contributed by atoms with Gasteiger partial charge in [0.2, 0.25) is 0 Å². The second kappa shape index (κ2) is 22.1. The van der Waals surface area contributed by atoms with Crippen LogP contribution in [0.3, 0.4) is 0 Å². The molecule has 26 heavy (non-hydrogen) atoms. The number of carbonyl (C=O) groups is 1. The summed E-state index contributed by atoms with van der Waals surface area (Å²) < 4.78 is 31.6. The summed E-state index contributed by atoms with van der Waals surface area (Å²) in [6.07, 6.45) is 0. The smallest absolute Gasteiger partial charge is 0.314 e. The van der Waals surface area contributed by atoms with E-state index in [4.69, 9.17) is 28.4 Å². The standard InChI is InChI=1S/C17H36N2O7/c1-3-21-9-11-25-15-13-23-7-5-18-17(20)19-6-8-24-14-16-26-12-10-22-4-2/h3-16H2,1-2H3,(H2,18,19,20). The van der Waals surface area contributed by atoms with Crippen molar-refractivity contribution in [3.8, 4) is 0 Å². The molecule has 0 bridgehead atoms. The first kappa shape index (κ1) is 25.0. The number of nitrogens with one attached hydrogen (secondary N) is 2. The minimum atomic E-state index is -0.238. The van der Waals surface area contributed by atoms with Gasteiger partial charge in [-0.3, -0.25) is 0 Å². The summed E-state index contributed by atoms with van der Waals surface area (Å²) >= 11 is 0. The lowest BCUT2D eigenvalue weighted by atomic mass is 10.6. The molecule has 0 saturated carbocycles. The van der Waals surface area contributed by atoms with E-state index in [1.165, 1.54) is 0 Å². The van der Waals surface area contributed by atoms with Gasteiger partial charge in [-0.15, -0.1) is 0 Å². The molecule has 0 aliphatic rings. The van der Waals surface area contributed by atoms with Gasteiger partial charge in [0.25, 0.3) is 0 Å². The van der Waals surface area contributed by atoms with E-state index in [9.17, 15) is 4.79 Å². The number of rotatable bonds is 20. The molecule has 0 spiro atoms. The zero-order valence-corrected chi connectivity index (χ0v) is 16.3. The Bertz CT molecular complexity index is 270. The van der Waals surface area contributed by atoms with Gasteiger partial charge in [-0.25, -0.2) is 4.79 Å². The molecule has 0 unspecified atom stereocenters. The van der Waals surface area contributed by atoms with Gasteiger partial charge in [0.15, 0.2) is 0 Å². The van der Waals surface area contributed by atoms with Gasteiger partial charge in [-0.2, -0.15) is 0 Å². The summed E-state index contributed by atoms with van der Waals surface area (Å²) in [6, 6.07) is -0.238. The minimum Gasteiger partial charge on any atom is -0.379 e. The Balaban J connectivity index is 3.13. The summed E-state index contributed by atoms with van der Waals surface area (Å²) in [7, 11) is 0. The first-order valence-corrected chi connectivity index (χ1v) is 9.29. The van der Waals surface area contributed by atoms with Crippen molar-refractivity contribution in [2.24, 2.45) is 0 Å². The van der Waals surface area contributed by atoms with Crippen molar-refractivity contribution in [3.05, 3.63) is 0 Å². The van der Waals surface area contributed by atoms with E-state index in [0.29, 0.717) is 92.4 Å². The molecule has 0 aromatic carbocycles. The highest BCUT2D eigenvalue weighted by Gasteiger charge is 1.99. The van der Waals surface area contributed by atoms with Gasteiger partial charge in [0.1, 0.15) is 0 Å². The van der Waals surface area contributed by atoms with Crippen LogP contribution in [-0.4, -0.2) is 98.4 Å². The van der Waals surface area contributed by atoms with Gasteiger partial charge in [-0.1, -0.05) is 0 Å². The third-order valence-electron chi connectivity index (χ3n) is 2.96. The maximum absolute atomic E-state index is 11.5. The van der Waals surface area contributed by atoms with Crippen molar-refractivity contribution in [1.82, 2.24) is 10.6 Å². The average Bonchev–Trinajstić information content (AvgIpc) is 2.64. The number of carbonyl (C=O) groups excluding carboxylic acids is 1. The summed E-state index contributed by atoms with van der Waals surface area (Å²) in [6.45, 7) is 11.4. The van der Waals surface area contributed by atoms with Crippen LogP contribution in [0.15, 0.2) is 0 Å². The van der Waals surface area contributed by atoms with E-state index in [1.54, 1.807) is 0 Å². The molecule has 2 N–H and O–H groups in total. The third kappa shape index (κ3) is 21.1. The Hall–Kier alpha value is -0.970. The second-order valence-electron chi connectivity index (χ2n) is 5.03. The number of hydrogen-bond acceptors (Lipinski definition) is 7. The maximum atomic E-state index is 11.5. The van der Waals surface area contributed by atoms with Gasteiger partial charge in [0.05, 0.1) is 66.1 Å². The summed E-state index contributed by atoms with van der Waals surface area (Å²) in [5.41, 5.74) is 0. The highest BCUT2D eigenvalue weighted by molar-refractivity contribution is 5.73. The molecule has 0 aromatic heterocycles. The van der Waals surface area contributed by atoms with Gasteiger partial charge < -0.3 is 39.1 Å². The first-order chi connectivity index (χ1) is 12.8. The summed E-state index contributed by atoms with van der Waals surface area (Å²) in [4.78, 5) is 11.5. The predicted octanol–water partition coefficient (Wildman–Crippen LogP) is 0.425. The number of hydrogen-bond donors (Lipinski definition) is 2. The predicted molar refractivity (Wildman–Crippen MR) is 97.7 cm³/mol. The van der Waals surface area contributed by atoms with Crippen LogP contribution in [0.5, 0.6) is 0 Å². The molecular formula is C17H36N2O7. The largest absolute Gasteiger partial charge is 0.379 e. The van der Waals surface area contributed by atoms with Crippen molar-refractivity contribution in [3.63, 3.8) is 0 Å². The highest BCUT2D eigenvalue weighted by atomic mass is 16.5. The SMILES string of the molecule is CCOCCOCCOCCNC(=O)NCCOCCOCCOCC. The number of urea groups is 1. The monoisotopic (exact) mass is 380 g/mol. The van der Waals surface area contributed by atoms with Crippen LogP contribution in [0.4, 0.5) is 4.79 Å². The first-order valence-electron chi connectivity index (χ1n) is 9.29. The molecule has 9 nitrogen and oxygen atoms in total. The lowest BCUT2D eigenvalue weighted by Crippen LogP contribution is -2.39. The van der Waals surface area contributed by atoms with E-state index in [0.717, 1.165) is 0 Å². The van der Waals surface area contributed by atoms with Crippen molar-refractivity contribution in [1.29, 1.82) is 0 Å². The fraction of sp³-hybridized carbons (Fsp3) is 0.941. The Morgan fingerprint density at radius 3 is 1.19 bits per heavy atom. The lowest BCUT2D eigenvalue weighted by molar-refractivity contribution is 0.0173. The van der Waals surface area contributed by atoms with Crippen LogP contribution in [0.25, 0.3) is 0 Å². The zero-order valence-electron chi connectivity index (χ0n) is 16.3. The van der Waals surface area contributed by atoms with Crippen molar-refractivity contribution in [2.75, 3.05) is 92.4 Å². The van der Waals surface area contributed by atoms with E-state index < -0.39 is 0 Å². The molecule has 0 radical (unpaired) electrons. The normalized spacial score (nSPS) is 10.8. The molecule has 0 aliphatic heterocycles. The molecule has 156 valence electrons. The van der Waals surface area contributed by atoms with Gasteiger partial charge >= 0.3 is 6.03 Å². The maximum Gasteiger partial charge on any atom is 0.314 e.